The lowest BCUT2D eigenvalue weighted by Gasteiger charge is -2.13. The molecule has 0 fully saturated rings. The molecule has 0 spiro atoms. The number of amides is 1. The summed E-state index contributed by atoms with van der Waals surface area (Å²) < 4.78 is 9.42. The molecule has 5 heteroatoms. The van der Waals surface area contributed by atoms with E-state index >= 15 is 0 Å². The molecule has 0 aliphatic heterocycles. The highest BCUT2D eigenvalue weighted by Gasteiger charge is 2.17. The minimum Gasteiger partial charge on any atom is -0.462 e. The predicted molar refractivity (Wildman–Crippen MR) is 59.8 cm³/mol. The van der Waals surface area contributed by atoms with Gasteiger partial charge >= 0.3 is 12.1 Å². The van der Waals surface area contributed by atoms with Crippen LogP contribution in [0.2, 0.25) is 0 Å². The maximum Gasteiger partial charge on any atom is 0.404 e. The molecule has 1 atom stereocenters. The van der Waals surface area contributed by atoms with Crippen molar-refractivity contribution in [2.75, 3.05) is 13.2 Å². The fourth-order valence-electron chi connectivity index (χ4n) is 1.34. The molecule has 16 heavy (non-hydrogen) atoms. The van der Waals surface area contributed by atoms with Gasteiger partial charge in [0.2, 0.25) is 0 Å². The summed E-state index contributed by atoms with van der Waals surface area (Å²) in [6, 6.07) is 0. The van der Waals surface area contributed by atoms with Crippen molar-refractivity contribution in [3.05, 3.63) is 0 Å². The van der Waals surface area contributed by atoms with Crippen LogP contribution in [0.25, 0.3) is 0 Å². The molecule has 5 nitrogen and oxygen atoms in total. The number of ether oxygens (including phenoxy) is 2. The Bertz CT molecular complexity index is 218. The summed E-state index contributed by atoms with van der Waals surface area (Å²) >= 11 is 0. The van der Waals surface area contributed by atoms with E-state index in [-0.39, 0.29) is 25.1 Å². The fraction of sp³-hybridized carbons (Fsp3) is 0.818. The van der Waals surface area contributed by atoms with E-state index in [2.05, 4.69) is 11.7 Å². The number of esters is 1. The highest BCUT2D eigenvalue weighted by atomic mass is 16.6. The van der Waals surface area contributed by atoms with E-state index in [0.717, 1.165) is 25.7 Å². The van der Waals surface area contributed by atoms with E-state index in [0.29, 0.717) is 0 Å². The monoisotopic (exact) mass is 231 g/mol. The van der Waals surface area contributed by atoms with Crippen LogP contribution in [-0.2, 0) is 14.3 Å². The number of carbonyl (C=O) groups is 2. The molecule has 0 aliphatic carbocycles. The minimum atomic E-state index is -0.853. The molecular weight excluding hydrogens is 210 g/mol. The molecule has 0 saturated heterocycles. The van der Waals surface area contributed by atoms with Crippen molar-refractivity contribution in [3.8, 4) is 0 Å². The normalized spacial score (nSPS) is 11.9. The third-order valence-corrected chi connectivity index (χ3v) is 2.30. The highest BCUT2D eigenvalue weighted by Crippen LogP contribution is 2.14. The molecule has 0 heterocycles. The summed E-state index contributed by atoms with van der Waals surface area (Å²) in [6.07, 6.45) is 2.85. The average molecular weight is 231 g/mol. The Balaban J connectivity index is 3.70. The van der Waals surface area contributed by atoms with Crippen molar-refractivity contribution < 1.29 is 19.1 Å². The Morgan fingerprint density at radius 3 is 2.31 bits per heavy atom. The van der Waals surface area contributed by atoms with Crippen LogP contribution in [0.5, 0.6) is 0 Å². The Kier molecular flexibility index (Phi) is 8.29. The van der Waals surface area contributed by atoms with Gasteiger partial charge in [-0.15, -0.1) is 0 Å². The maximum atomic E-state index is 11.5. The molecule has 2 N–H and O–H groups in total. The highest BCUT2D eigenvalue weighted by molar-refractivity contribution is 5.72. The summed E-state index contributed by atoms with van der Waals surface area (Å²) in [5.41, 5.74) is 4.76. The third-order valence-electron chi connectivity index (χ3n) is 2.30. The molecule has 0 bridgehead atoms. The molecule has 0 aromatic carbocycles. The Morgan fingerprint density at radius 2 is 1.81 bits per heavy atom. The molecule has 0 aliphatic rings. The zero-order valence-electron chi connectivity index (χ0n) is 10.0. The maximum absolute atomic E-state index is 11.5. The van der Waals surface area contributed by atoms with Crippen LogP contribution in [0.15, 0.2) is 0 Å². The van der Waals surface area contributed by atoms with Crippen LogP contribution >= 0.6 is 0 Å². The van der Waals surface area contributed by atoms with Gasteiger partial charge in [0.15, 0.2) is 0 Å². The Labute approximate surface area is 96.3 Å². The van der Waals surface area contributed by atoms with Gasteiger partial charge in [0.1, 0.15) is 13.2 Å². The molecule has 0 radical (unpaired) electrons. The van der Waals surface area contributed by atoms with E-state index < -0.39 is 6.09 Å². The van der Waals surface area contributed by atoms with E-state index in [9.17, 15) is 9.59 Å². The van der Waals surface area contributed by atoms with Crippen LogP contribution < -0.4 is 5.73 Å². The molecular formula is C11H21NO4. The van der Waals surface area contributed by atoms with Crippen molar-refractivity contribution in [2.24, 2.45) is 11.7 Å². The number of rotatable bonds is 8. The van der Waals surface area contributed by atoms with E-state index in [1.165, 1.54) is 0 Å². The van der Waals surface area contributed by atoms with Crippen LogP contribution in [0.1, 0.15) is 39.5 Å². The van der Waals surface area contributed by atoms with Gasteiger partial charge in [0.05, 0.1) is 5.92 Å². The second-order valence-electron chi connectivity index (χ2n) is 3.58. The molecule has 94 valence electrons. The standard InChI is InChI=1S/C11H21NO4/c1-3-5-6-9(4-2)10(13)15-7-8-16-11(12)14/h9H,3-8H2,1-2H3,(H2,12,14). The van der Waals surface area contributed by atoms with E-state index in [1.54, 1.807) is 0 Å². The van der Waals surface area contributed by atoms with Gasteiger partial charge in [-0.05, 0) is 12.8 Å². The lowest BCUT2D eigenvalue weighted by Crippen LogP contribution is -2.21. The number of carbonyl (C=O) groups excluding carboxylic acids is 2. The van der Waals surface area contributed by atoms with E-state index in [4.69, 9.17) is 10.5 Å². The van der Waals surface area contributed by atoms with Gasteiger partial charge in [-0.3, -0.25) is 4.79 Å². The summed E-state index contributed by atoms with van der Waals surface area (Å²) in [5, 5.41) is 0. The first-order chi connectivity index (χ1) is 7.61. The van der Waals surface area contributed by atoms with Gasteiger partial charge in [-0.2, -0.15) is 0 Å². The third kappa shape index (κ3) is 7.09. The Morgan fingerprint density at radius 1 is 1.19 bits per heavy atom. The van der Waals surface area contributed by atoms with Gasteiger partial charge in [0.25, 0.3) is 0 Å². The summed E-state index contributed by atoms with van der Waals surface area (Å²) in [4.78, 5) is 21.8. The molecule has 1 amide bonds. The first-order valence-electron chi connectivity index (χ1n) is 5.70. The molecule has 1 unspecified atom stereocenters. The first kappa shape index (κ1) is 14.7. The first-order valence-corrected chi connectivity index (χ1v) is 5.70. The van der Waals surface area contributed by atoms with Crippen LogP contribution in [0, 0.1) is 5.92 Å². The SMILES string of the molecule is CCCCC(CC)C(=O)OCCOC(N)=O. The van der Waals surface area contributed by atoms with Crippen LogP contribution in [0.3, 0.4) is 0 Å². The van der Waals surface area contributed by atoms with Crippen molar-refractivity contribution in [2.45, 2.75) is 39.5 Å². The fourth-order valence-corrected chi connectivity index (χ4v) is 1.34. The topological polar surface area (TPSA) is 78.6 Å². The number of nitrogens with two attached hydrogens (primary N) is 1. The van der Waals surface area contributed by atoms with E-state index in [1.807, 2.05) is 6.92 Å². The van der Waals surface area contributed by atoms with Crippen molar-refractivity contribution in [1.82, 2.24) is 0 Å². The zero-order chi connectivity index (χ0) is 12.4. The van der Waals surface area contributed by atoms with Crippen molar-refractivity contribution >= 4 is 12.1 Å². The minimum absolute atomic E-state index is 0.0191. The average Bonchev–Trinajstić information content (AvgIpc) is 2.25. The Hall–Kier alpha value is -1.26. The van der Waals surface area contributed by atoms with Gasteiger partial charge in [0, 0.05) is 0 Å². The second kappa shape index (κ2) is 9.00. The largest absolute Gasteiger partial charge is 0.462 e. The number of unbranched alkanes of at least 4 members (excludes halogenated alkanes) is 1. The number of hydrogen-bond acceptors (Lipinski definition) is 4. The second-order valence-corrected chi connectivity index (χ2v) is 3.58. The lowest BCUT2D eigenvalue weighted by atomic mass is 10.00. The summed E-state index contributed by atoms with van der Waals surface area (Å²) in [7, 11) is 0. The summed E-state index contributed by atoms with van der Waals surface area (Å²) in [5.74, 6) is -0.266. The number of hydrogen-bond donors (Lipinski definition) is 1. The van der Waals surface area contributed by atoms with Gasteiger partial charge in [-0.1, -0.05) is 26.7 Å². The predicted octanol–water partition coefficient (Wildman–Crippen LogP) is 1.84. The smallest absolute Gasteiger partial charge is 0.404 e. The molecule has 0 aromatic rings. The summed E-state index contributed by atoms with van der Waals surface area (Å²) in [6.45, 7) is 4.13. The molecule has 0 rings (SSSR count). The van der Waals surface area contributed by atoms with Gasteiger partial charge in [-0.25, -0.2) is 4.79 Å². The van der Waals surface area contributed by atoms with Gasteiger partial charge < -0.3 is 15.2 Å². The van der Waals surface area contributed by atoms with Crippen molar-refractivity contribution in [1.29, 1.82) is 0 Å². The molecule has 0 saturated carbocycles. The van der Waals surface area contributed by atoms with Crippen LogP contribution in [0.4, 0.5) is 4.79 Å². The number of primary amides is 1. The zero-order valence-corrected chi connectivity index (χ0v) is 10.0. The van der Waals surface area contributed by atoms with Crippen molar-refractivity contribution in [3.63, 3.8) is 0 Å². The molecule has 0 aromatic heterocycles. The van der Waals surface area contributed by atoms with Crippen LogP contribution in [-0.4, -0.2) is 25.3 Å². The lowest BCUT2D eigenvalue weighted by molar-refractivity contribution is -0.150. The quantitative estimate of drug-likeness (QED) is 0.510.